The fourth-order valence-corrected chi connectivity index (χ4v) is 3.68. The van der Waals surface area contributed by atoms with E-state index in [-0.39, 0.29) is 12.1 Å². The van der Waals surface area contributed by atoms with Crippen molar-refractivity contribution in [2.75, 3.05) is 31.1 Å². The van der Waals surface area contributed by atoms with Crippen molar-refractivity contribution in [3.8, 4) is 0 Å². The number of carbonyl (C=O) groups excluding carboxylic acids is 1. The van der Waals surface area contributed by atoms with Gasteiger partial charge in [0.1, 0.15) is 11.6 Å². The first kappa shape index (κ1) is 16.7. The summed E-state index contributed by atoms with van der Waals surface area (Å²) in [5, 5.41) is 5.17. The Morgan fingerprint density at radius 2 is 2.12 bits per heavy atom. The summed E-state index contributed by atoms with van der Waals surface area (Å²) in [6.45, 7) is 6.95. The van der Waals surface area contributed by atoms with Crippen molar-refractivity contribution in [2.45, 2.75) is 26.3 Å². The molecule has 128 valence electrons. The van der Waals surface area contributed by atoms with Gasteiger partial charge >= 0.3 is 6.03 Å². The van der Waals surface area contributed by atoms with Crippen molar-refractivity contribution in [3.05, 3.63) is 40.5 Å². The molecule has 1 aliphatic heterocycles. The molecule has 1 aliphatic rings. The number of aromatic nitrogens is 2. The quantitative estimate of drug-likeness (QED) is 0.924. The highest BCUT2D eigenvalue weighted by molar-refractivity contribution is 7.09. The molecule has 0 spiro atoms. The first-order valence-electron chi connectivity index (χ1n) is 8.24. The normalized spacial score (nSPS) is 16.1. The molecule has 1 atom stereocenters. The van der Waals surface area contributed by atoms with Crippen molar-refractivity contribution in [1.82, 2.24) is 20.2 Å². The van der Waals surface area contributed by atoms with Gasteiger partial charge in [-0.05, 0) is 31.4 Å². The maximum Gasteiger partial charge on any atom is 0.317 e. The van der Waals surface area contributed by atoms with Crippen LogP contribution < -0.4 is 10.2 Å². The number of hydrogen-bond acceptors (Lipinski definition) is 5. The Hall–Kier alpha value is -2.15. The third-order valence-electron chi connectivity index (χ3n) is 4.11. The highest BCUT2D eigenvalue weighted by Crippen LogP contribution is 2.14. The third kappa shape index (κ3) is 4.23. The van der Waals surface area contributed by atoms with Crippen molar-refractivity contribution in [1.29, 1.82) is 0 Å². The Kier molecular flexibility index (Phi) is 5.30. The van der Waals surface area contributed by atoms with Crippen LogP contribution in [0.3, 0.4) is 0 Å². The van der Waals surface area contributed by atoms with Gasteiger partial charge in [-0.15, -0.1) is 11.3 Å². The molecule has 2 amide bonds. The minimum atomic E-state index is 0.0255. The predicted molar refractivity (Wildman–Crippen MR) is 96.6 cm³/mol. The molecule has 0 aromatic carbocycles. The van der Waals surface area contributed by atoms with Gasteiger partial charge in [0, 0.05) is 49.7 Å². The molecule has 1 fully saturated rings. The average molecular weight is 345 g/mol. The molecule has 3 heterocycles. The second-order valence-electron chi connectivity index (χ2n) is 6.07. The Morgan fingerprint density at radius 3 is 2.79 bits per heavy atom. The van der Waals surface area contributed by atoms with E-state index in [2.05, 4.69) is 38.6 Å². The summed E-state index contributed by atoms with van der Waals surface area (Å²) in [7, 11) is 0. The molecule has 2 aromatic rings. The van der Waals surface area contributed by atoms with E-state index in [1.807, 2.05) is 24.0 Å². The Morgan fingerprint density at radius 1 is 1.33 bits per heavy atom. The minimum absolute atomic E-state index is 0.0255. The van der Waals surface area contributed by atoms with Crippen LogP contribution in [0.25, 0.3) is 0 Å². The second kappa shape index (κ2) is 7.61. The van der Waals surface area contributed by atoms with Gasteiger partial charge in [-0.25, -0.2) is 14.8 Å². The van der Waals surface area contributed by atoms with Gasteiger partial charge in [-0.3, -0.25) is 0 Å². The first-order valence-corrected chi connectivity index (χ1v) is 9.12. The zero-order valence-corrected chi connectivity index (χ0v) is 14.9. The Bertz CT molecular complexity index is 667. The first-order chi connectivity index (χ1) is 11.6. The van der Waals surface area contributed by atoms with E-state index in [0.717, 1.165) is 31.2 Å². The van der Waals surface area contributed by atoms with Gasteiger partial charge in [0.15, 0.2) is 0 Å². The molecule has 0 saturated carbocycles. The van der Waals surface area contributed by atoms with E-state index in [1.165, 1.54) is 4.88 Å². The van der Waals surface area contributed by atoms with Crippen LogP contribution in [0.5, 0.6) is 0 Å². The van der Waals surface area contributed by atoms with E-state index in [0.29, 0.717) is 13.1 Å². The van der Waals surface area contributed by atoms with Gasteiger partial charge in [0.05, 0.1) is 0 Å². The molecule has 24 heavy (non-hydrogen) atoms. The number of piperazine rings is 1. The molecular formula is C17H23N5OS. The van der Waals surface area contributed by atoms with Crippen LogP contribution >= 0.6 is 11.3 Å². The average Bonchev–Trinajstić information content (AvgIpc) is 3.07. The van der Waals surface area contributed by atoms with Crippen LogP contribution in [-0.4, -0.2) is 53.1 Å². The molecule has 0 radical (unpaired) electrons. The van der Waals surface area contributed by atoms with Crippen molar-refractivity contribution >= 4 is 23.2 Å². The fourth-order valence-electron chi connectivity index (χ4n) is 2.84. The van der Waals surface area contributed by atoms with Crippen molar-refractivity contribution < 1.29 is 4.79 Å². The maximum absolute atomic E-state index is 12.4. The molecule has 3 rings (SSSR count). The summed E-state index contributed by atoms with van der Waals surface area (Å²) in [4.78, 5) is 26.4. The summed E-state index contributed by atoms with van der Waals surface area (Å²) in [6.07, 6.45) is 2.66. The van der Waals surface area contributed by atoms with E-state index >= 15 is 0 Å². The number of anilines is 1. The molecular weight excluding hydrogens is 322 g/mol. The molecule has 0 bridgehead atoms. The smallest absolute Gasteiger partial charge is 0.317 e. The number of thiophene rings is 1. The monoisotopic (exact) mass is 345 g/mol. The zero-order chi connectivity index (χ0) is 16.9. The predicted octanol–water partition coefficient (Wildman–Crippen LogP) is 2.31. The minimum Gasteiger partial charge on any atom is -0.353 e. The molecule has 0 aliphatic carbocycles. The number of aryl methyl sites for hydroxylation is 1. The zero-order valence-electron chi connectivity index (χ0n) is 14.1. The maximum atomic E-state index is 12.4. The Labute approximate surface area is 146 Å². The summed E-state index contributed by atoms with van der Waals surface area (Å²) >= 11 is 1.73. The van der Waals surface area contributed by atoms with Crippen LogP contribution in [-0.2, 0) is 6.42 Å². The molecule has 1 N–H and O–H groups in total. The summed E-state index contributed by atoms with van der Waals surface area (Å²) in [5.74, 6) is 1.71. The molecule has 6 nitrogen and oxygen atoms in total. The lowest BCUT2D eigenvalue weighted by Crippen LogP contribution is -2.53. The molecule has 1 saturated heterocycles. The summed E-state index contributed by atoms with van der Waals surface area (Å²) in [5.41, 5.74) is 0. The highest BCUT2D eigenvalue weighted by Gasteiger charge is 2.23. The number of amides is 2. The van der Waals surface area contributed by atoms with Gasteiger partial charge in [0.2, 0.25) is 0 Å². The lowest BCUT2D eigenvalue weighted by Gasteiger charge is -2.35. The van der Waals surface area contributed by atoms with Crippen molar-refractivity contribution in [3.63, 3.8) is 0 Å². The van der Waals surface area contributed by atoms with Gasteiger partial charge in [0.25, 0.3) is 0 Å². The number of nitrogens with zero attached hydrogens (tertiary/aromatic N) is 4. The number of urea groups is 1. The van der Waals surface area contributed by atoms with Gasteiger partial charge in [-0.2, -0.15) is 0 Å². The lowest BCUT2D eigenvalue weighted by atomic mass is 10.2. The summed E-state index contributed by atoms with van der Waals surface area (Å²) in [6, 6.07) is 6.24. The van der Waals surface area contributed by atoms with E-state index in [9.17, 15) is 4.79 Å². The largest absolute Gasteiger partial charge is 0.353 e. The van der Waals surface area contributed by atoms with E-state index < -0.39 is 0 Å². The second-order valence-corrected chi connectivity index (χ2v) is 7.10. The number of hydrogen-bond donors (Lipinski definition) is 1. The van der Waals surface area contributed by atoms with Crippen LogP contribution in [0.4, 0.5) is 10.6 Å². The van der Waals surface area contributed by atoms with Crippen molar-refractivity contribution in [2.24, 2.45) is 0 Å². The fraction of sp³-hybridized carbons (Fsp3) is 0.471. The van der Waals surface area contributed by atoms with Crippen LogP contribution in [0, 0.1) is 6.92 Å². The van der Waals surface area contributed by atoms with Gasteiger partial charge < -0.3 is 15.1 Å². The third-order valence-corrected chi connectivity index (χ3v) is 5.01. The topological polar surface area (TPSA) is 61.4 Å². The van der Waals surface area contributed by atoms with Crippen LogP contribution in [0.15, 0.2) is 29.8 Å². The highest BCUT2D eigenvalue weighted by atomic mass is 32.1. The molecule has 1 unspecified atom stereocenters. The van der Waals surface area contributed by atoms with Gasteiger partial charge in [-0.1, -0.05) is 6.07 Å². The Balaban J connectivity index is 1.48. The van der Waals surface area contributed by atoms with Crippen LogP contribution in [0.1, 0.15) is 17.6 Å². The molecule has 2 aromatic heterocycles. The van der Waals surface area contributed by atoms with E-state index in [4.69, 9.17) is 0 Å². The van der Waals surface area contributed by atoms with Crippen LogP contribution in [0.2, 0.25) is 0 Å². The standard InChI is InChI=1S/C17H23N5OS/c1-13(12-15-4-3-11-24-15)19-17(23)22-9-7-21(8-10-22)16-5-6-18-14(2)20-16/h3-6,11,13H,7-10,12H2,1-2H3,(H,19,23). The number of carbonyl (C=O) groups is 1. The SMILES string of the molecule is Cc1nccc(N2CCN(C(=O)NC(C)Cc3cccs3)CC2)n1. The number of nitrogens with one attached hydrogen (secondary N) is 1. The lowest BCUT2D eigenvalue weighted by molar-refractivity contribution is 0.191. The summed E-state index contributed by atoms with van der Waals surface area (Å²) < 4.78 is 0. The molecule has 7 heteroatoms. The number of rotatable bonds is 4. The van der Waals surface area contributed by atoms with E-state index in [1.54, 1.807) is 17.5 Å².